The monoisotopic (exact) mass is 682 g/mol. The largest absolute Gasteiger partial charge is 0.455 e. The van der Waals surface area contributed by atoms with Gasteiger partial charge in [-0.25, -0.2) is 9.97 Å². The van der Waals surface area contributed by atoms with Crippen LogP contribution < -0.4 is 0 Å². The minimum absolute atomic E-state index is 0.711. The van der Waals surface area contributed by atoms with Crippen molar-refractivity contribution in [3.63, 3.8) is 0 Å². The van der Waals surface area contributed by atoms with Gasteiger partial charge in [0.15, 0.2) is 5.82 Å². The summed E-state index contributed by atoms with van der Waals surface area (Å²) in [6, 6.07) is 52.0. The molecular weight excluding hydrogens is 653 g/mol. The Hall–Kier alpha value is -6.36. The van der Waals surface area contributed by atoms with Gasteiger partial charge < -0.3 is 4.42 Å². The molecule has 10 aromatic rings. The van der Waals surface area contributed by atoms with Crippen molar-refractivity contribution >= 4 is 70.4 Å². The molecule has 0 atom stereocenters. The van der Waals surface area contributed by atoms with E-state index in [2.05, 4.69) is 158 Å². The van der Waals surface area contributed by atoms with Gasteiger partial charge in [0, 0.05) is 37.4 Å². The van der Waals surface area contributed by atoms with Crippen LogP contribution >= 0.6 is 11.3 Å². The molecule has 3 nitrogen and oxygen atoms in total. The first-order chi connectivity index (χ1) is 25.8. The van der Waals surface area contributed by atoms with E-state index in [4.69, 9.17) is 14.4 Å². The Balaban J connectivity index is 1.15. The van der Waals surface area contributed by atoms with E-state index < -0.39 is 0 Å². The van der Waals surface area contributed by atoms with Gasteiger partial charge in [-0.3, -0.25) is 0 Å². The number of furan rings is 1. The first kappa shape index (κ1) is 29.4. The standard InChI is InChI=1S/C48H30N2OS/c1-2-12-31(13-3-1)35-18-10-19-41-43(35)40-28-39(36-15-6-7-16-37(36)46(40)51-41)48-49-44(47-45(50-48)38-17-8-9-20-42(38)52-47)32-24-21-30(22-25-32)34-26-23-29-11-4-5-14-33(29)27-34/h1-4,6-13,15-28H,5,14H2. The van der Waals surface area contributed by atoms with Crippen LogP contribution in [0, 0.1) is 0 Å². The Bertz CT molecular complexity index is 3060. The van der Waals surface area contributed by atoms with Crippen molar-refractivity contribution in [2.75, 3.05) is 0 Å². The average molecular weight is 683 g/mol. The Morgan fingerprint density at radius 1 is 0.558 bits per heavy atom. The molecule has 11 rings (SSSR count). The van der Waals surface area contributed by atoms with E-state index in [1.807, 2.05) is 0 Å². The van der Waals surface area contributed by atoms with Crippen molar-refractivity contribution < 1.29 is 4.42 Å². The Kier molecular flexibility index (Phi) is 6.55. The molecule has 0 aliphatic heterocycles. The zero-order valence-corrected chi connectivity index (χ0v) is 29.0. The number of nitrogens with zero attached hydrogens (tertiary/aromatic N) is 2. The SMILES string of the molecule is C1=Cc2ccc(-c3ccc(-c4nc(-c5cc6c(oc7cccc(-c8ccccc8)c76)c6ccccc56)nc5c4sc4ccccc45)cc3)cc2CC1. The van der Waals surface area contributed by atoms with Crippen LogP contribution in [0.3, 0.4) is 0 Å². The maximum atomic E-state index is 6.66. The lowest BCUT2D eigenvalue weighted by Gasteiger charge is -2.13. The van der Waals surface area contributed by atoms with Crippen LogP contribution in [-0.2, 0) is 6.42 Å². The number of fused-ring (bicyclic) bond motifs is 9. The zero-order valence-electron chi connectivity index (χ0n) is 28.1. The molecule has 0 radical (unpaired) electrons. The molecule has 52 heavy (non-hydrogen) atoms. The first-order valence-corrected chi connectivity index (χ1v) is 18.6. The first-order valence-electron chi connectivity index (χ1n) is 17.8. The highest BCUT2D eigenvalue weighted by Crippen LogP contribution is 2.45. The van der Waals surface area contributed by atoms with Crippen molar-refractivity contribution in [1.82, 2.24) is 9.97 Å². The average Bonchev–Trinajstić information content (AvgIpc) is 3.79. The summed E-state index contributed by atoms with van der Waals surface area (Å²) < 4.78 is 8.97. The molecule has 0 N–H and O–H groups in total. The lowest BCUT2D eigenvalue weighted by atomic mass is 9.93. The van der Waals surface area contributed by atoms with Crippen LogP contribution in [-0.4, -0.2) is 9.97 Å². The molecule has 1 aliphatic rings. The van der Waals surface area contributed by atoms with Crippen LogP contribution in [0.4, 0.5) is 0 Å². The van der Waals surface area contributed by atoms with Crippen molar-refractivity contribution in [3.05, 3.63) is 163 Å². The van der Waals surface area contributed by atoms with Crippen LogP contribution in [0.5, 0.6) is 0 Å². The smallest absolute Gasteiger partial charge is 0.161 e. The van der Waals surface area contributed by atoms with Crippen LogP contribution in [0.15, 0.2) is 156 Å². The minimum Gasteiger partial charge on any atom is -0.455 e. The predicted molar refractivity (Wildman–Crippen MR) is 219 cm³/mol. The Morgan fingerprint density at radius 2 is 1.33 bits per heavy atom. The molecule has 0 saturated carbocycles. The number of hydrogen-bond donors (Lipinski definition) is 0. The lowest BCUT2D eigenvalue weighted by Crippen LogP contribution is -1.95. The molecular formula is C48H30N2OS. The summed E-state index contributed by atoms with van der Waals surface area (Å²) in [5.41, 5.74) is 13.3. The number of thiophene rings is 1. The Labute approximate surface area is 304 Å². The molecule has 1 aliphatic carbocycles. The van der Waals surface area contributed by atoms with Gasteiger partial charge in [-0.15, -0.1) is 11.3 Å². The predicted octanol–water partition coefficient (Wildman–Crippen LogP) is 13.5. The summed E-state index contributed by atoms with van der Waals surface area (Å²) in [7, 11) is 0. The van der Waals surface area contributed by atoms with Gasteiger partial charge in [0.2, 0.25) is 0 Å². The molecule has 0 unspecified atom stereocenters. The molecule has 0 amide bonds. The summed E-state index contributed by atoms with van der Waals surface area (Å²) in [6.45, 7) is 0. The second-order valence-corrected chi connectivity index (χ2v) is 14.6. The maximum absolute atomic E-state index is 6.66. The summed E-state index contributed by atoms with van der Waals surface area (Å²) in [6.07, 6.45) is 6.70. The molecule has 0 spiro atoms. The van der Waals surface area contributed by atoms with Gasteiger partial charge in [0.1, 0.15) is 11.2 Å². The maximum Gasteiger partial charge on any atom is 0.161 e. The summed E-state index contributed by atoms with van der Waals surface area (Å²) in [5.74, 6) is 0.711. The zero-order chi connectivity index (χ0) is 34.2. The molecule has 3 aromatic heterocycles. The normalized spacial score (nSPS) is 12.8. The van der Waals surface area contributed by atoms with Crippen LogP contribution in [0.1, 0.15) is 17.5 Å². The van der Waals surface area contributed by atoms with E-state index >= 15 is 0 Å². The number of aromatic nitrogens is 2. The fourth-order valence-corrected chi connectivity index (χ4v) is 9.19. The number of rotatable bonds is 4. The van der Waals surface area contributed by atoms with Crippen molar-refractivity contribution in [2.24, 2.45) is 0 Å². The number of benzene rings is 7. The van der Waals surface area contributed by atoms with E-state index in [1.165, 1.54) is 27.0 Å². The van der Waals surface area contributed by atoms with Crippen molar-refractivity contribution in [1.29, 1.82) is 0 Å². The lowest BCUT2D eigenvalue weighted by molar-refractivity contribution is 0.673. The third kappa shape index (κ3) is 4.58. The molecule has 4 heteroatoms. The van der Waals surface area contributed by atoms with E-state index in [0.29, 0.717) is 5.82 Å². The van der Waals surface area contributed by atoms with Gasteiger partial charge in [-0.05, 0) is 69.8 Å². The highest BCUT2D eigenvalue weighted by Gasteiger charge is 2.22. The third-order valence-corrected chi connectivity index (χ3v) is 11.7. The third-order valence-electron chi connectivity index (χ3n) is 10.6. The van der Waals surface area contributed by atoms with E-state index in [-0.39, 0.29) is 0 Å². The molecule has 244 valence electrons. The highest BCUT2D eigenvalue weighted by atomic mass is 32.1. The molecule has 7 aromatic carbocycles. The molecule has 0 saturated heterocycles. The highest BCUT2D eigenvalue weighted by molar-refractivity contribution is 7.26. The molecule has 0 fully saturated rings. The van der Waals surface area contributed by atoms with Gasteiger partial charge >= 0.3 is 0 Å². The topological polar surface area (TPSA) is 38.9 Å². The van der Waals surface area contributed by atoms with E-state index in [0.717, 1.165) is 89.1 Å². The van der Waals surface area contributed by atoms with Gasteiger partial charge in [-0.2, -0.15) is 0 Å². The fourth-order valence-electron chi connectivity index (χ4n) is 8.03. The number of allylic oxidation sites excluding steroid dienone is 1. The number of hydrogen-bond acceptors (Lipinski definition) is 4. The quantitative estimate of drug-likeness (QED) is 0.185. The fraction of sp³-hybridized carbons (Fsp3) is 0.0417. The van der Waals surface area contributed by atoms with E-state index in [1.54, 1.807) is 11.3 Å². The Morgan fingerprint density at radius 3 is 2.21 bits per heavy atom. The van der Waals surface area contributed by atoms with Crippen LogP contribution in [0.25, 0.3) is 104 Å². The minimum atomic E-state index is 0.711. The summed E-state index contributed by atoms with van der Waals surface area (Å²) >= 11 is 1.77. The van der Waals surface area contributed by atoms with E-state index in [9.17, 15) is 0 Å². The number of aryl methyl sites for hydroxylation is 1. The summed E-state index contributed by atoms with van der Waals surface area (Å²) in [4.78, 5) is 10.9. The van der Waals surface area contributed by atoms with Gasteiger partial charge in [0.25, 0.3) is 0 Å². The van der Waals surface area contributed by atoms with Crippen LogP contribution in [0.2, 0.25) is 0 Å². The van der Waals surface area contributed by atoms with Gasteiger partial charge in [-0.1, -0.05) is 140 Å². The molecule has 0 bridgehead atoms. The van der Waals surface area contributed by atoms with Crippen molar-refractivity contribution in [2.45, 2.75) is 12.8 Å². The summed E-state index contributed by atoms with van der Waals surface area (Å²) in [5, 5.41) is 5.44. The molecule has 3 heterocycles. The second kappa shape index (κ2) is 11.6. The van der Waals surface area contributed by atoms with Gasteiger partial charge in [0.05, 0.1) is 15.9 Å². The second-order valence-electron chi connectivity index (χ2n) is 13.6. The van der Waals surface area contributed by atoms with Crippen molar-refractivity contribution in [3.8, 4) is 44.9 Å².